The summed E-state index contributed by atoms with van der Waals surface area (Å²) >= 11 is 6.03. The van der Waals surface area contributed by atoms with Crippen molar-refractivity contribution < 1.29 is 18.8 Å². The Labute approximate surface area is 132 Å². The van der Waals surface area contributed by atoms with Crippen LogP contribution in [0, 0.1) is 0 Å². The number of oxime groups is 1. The molecule has 6 nitrogen and oxygen atoms in total. The van der Waals surface area contributed by atoms with Gasteiger partial charge in [-0.3, -0.25) is 0 Å². The van der Waals surface area contributed by atoms with Crippen LogP contribution in [0.2, 0.25) is 5.02 Å². The van der Waals surface area contributed by atoms with E-state index in [1.54, 1.807) is 12.1 Å². The molecule has 0 bridgehead atoms. The monoisotopic (exact) mass is 322 g/mol. The van der Waals surface area contributed by atoms with Gasteiger partial charge < -0.3 is 19.7 Å². The molecule has 0 aliphatic heterocycles. The third-order valence-corrected chi connectivity index (χ3v) is 3.13. The van der Waals surface area contributed by atoms with Crippen LogP contribution in [0.25, 0.3) is 0 Å². The highest BCUT2D eigenvalue weighted by Crippen LogP contribution is 2.15. The second kappa shape index (κ2) is 7.51. The SMILES string of the molecule is COC(=O)c1ccc(CO/N=C(/N)Cc2ccccc2Cl)o1. The molecule has 116 valence electrons. The molecule has 0 aliphatic carbocycles. The predicted octanol–water partition coefficient (Wildman–Crippen LogP) is 2.75. The van der Waals surface area contributed by atoms with E-state index in [4.69, 9.17) is 26.6 Å². The number of nitrogens with zero attached hydrogens (tertiary/aromatic N) is 1. The lowest BCUT2D eigenvalue weighted by Crippen LogP contribution is -2.15. The summed E-state index contributed by atoms with van der Waals surface area (Å²) in [4.78, 5) is 16.3. The summed E-state index contributed by atoms with van der Waals surface area (Å²) in [5.41, 5.74) is 6.64. The van der Waals surface area contributed by atoms with Gasteiger partial charge in [0.25, 0.3) is 0 Å². The van der Waals surface area contributed by atoms with Crippen LogP contribution in [0.15, 0.2) is 46.0 Å². The molecular formula is C15H15ClN2O4. The van der Waals surface area contributed by atoms with Gasteiger partial charge in [0, 0.05) is 11.4 Å². The van der Waals surface area contributed by atoms with E-state index in [0.29, 0.717) is 17.2 Å². The Morgan fingerprint density at radius 1 is 1.32 bits per heavy atom. The quantitative estimate of drug-likeness (QED) is 0.382. The van der Waals surface area contributed by atoms with Gasteiger partial charge in [0.1, 0.15) is 11.6 Å². The van der Waals surface area contributed by atoms with Gasteiger partial charge in [-0.1, -0.05) is 35.0 Å². The highest BCUT2D eigenvalue weighted by Gasteiger charge is 2.11. The third-order valence-electron chi connectivity index (χ3n) is 2.77. The summed E-state index contributed by atoms with van der Waals surface area (Å²) < 4.78 is 9.76. The minimum Gasteiger partial charge on any atom is -0.463 e. The first-order valence-electron chi connectivity index (χ1n) is 6.45. The third kappa shape index (κ3) is 4.26. The van der Waals surface area contributed by atoms with Crippen molar-refractivity contribution in [2.45, 2.75) is 13.0 Å². The van der Waals surface area contributed by atoms with Crippen molar-refractivity contribution in [1.29, 1.82) is 0 Å². The molecule has 1 aromatic heterocycles. The number of amidine groups is 1. The molecular weight excluding hydrogens is 308 g/mol. The number of nitrogens with two attached hydrogens (primary N) is 1. The Bertz CT molecular complexity index is 682. The first-order chi connectivity index (χ1) is 10.6. The number of ether oxygens (including phenoxy) is 1. The van der Waals surface area contributed by atoms with Crippen LogP contribution in [-0.2, 0) is 22.6 Å². The molecule has 0 radical (unpaired) electrons. The summed E-state index contributed by atoms with van der Waals surface area (Å²) in [6.45, 7) is 0.0558. The van der Waals surface area contributed by atoms with E-state index in [1.807, 2.05) is 18.2 Å². The first kappa shape index (κ1) is 15.9. The number of halogens is 1. The van der Waals surface area contributed by atoms with Gasteiger partial charge in [-0.15, -0.1) is 0 Å². The van der Waals surface area contributed by atoms with Crippen LogP contribution in [0.4, 0.5) is 0 Å². The van der Waals surface area contributed by atoms with Gasteiger partial charge in [-0.25, -0.2) is 4.79 Å². The molecule has 7 heteroatoms. The molecule has 0 saturated heterocycles. The van der Waals surface area contributed by atoms with Crippen molar-refractivity contribution in [2.24, 2.45) is 10.9 Å². The molecule has 0 amide bonds. The highest BCUT2D eigenvalue weighted by atomic mass is 35.5. The number of methoxy groups -OCH3 is 1. The highest BCUT2D eigenvalue weighted by molar-refractivity contribution is 6.31. The van der Waals surface area contributed by atoms with Crippen molar-refractivity contribution in [2.75, 3.05) is 7.11 Å². The fourth-order valence-corrected chi connectivity index (χ4v) is 1.92. The lowest BCUT2D eigenvalue weighted by Gasteiger charge is -2.03. The van der Waals surface area contributed by atoms with Gasteiger partial charge in [0.15, 0.2) is 6.61 Å². The van der Waals surface area contributed by atoms with Gasteiger partial charge in [0.05, 0.1) is 7.11 Å². The number of carbonyl (C=O) groups excluding carboxylic acids is 1. The average molecular weight is 323 g/mol. The molecule has 0 spiro atoms. The zero-order chi connectivity index (χ0) is 15.9. The molecule has 1 heterocycles. The maximum atomic E-state index is 11.2. The normalized spacial score (nSPS) is 11.3. The number of esters is 1. The minimum atomic E-state index is -0.548. The molecule has 2 rings (SSSR count). The van der Waals surface area contributed by atoms with Crippen molar-refractivity contribution in [3.05, 3.63) is 58.5 Å². The molecule has 22 heavy (non-hydrogen) atoms. The Kier molecular flexibility index (Phi) is 5.43. The zero-order valence-corrected chi connectivity index (χ0v) is 12.7. The predicted molar refractivity (Wildman–Crippen MR) is 81.6 cm³/mol. The molecule has 0 atom stereocenters. The van der Waals surface area contributed by atoms with E-state index >= 15 is 0 Å². The number of benzene rings is 1. The Morgan fingerprint density at radius 3 is 2.82 bits per heavy atom. The van der Waals surface area contributed by atoms with Crippen LogP contribution in [0.1, 0.15) is 21.9 Å². The second-order valence-corrected chi connectivity index (χ2v) is 4.79. The van der Waals surface area contributed by atoms with Crippen LogP contribution < -0.4 is 5.73 Å². The summed E-state index contributed by atoms with van der Waals surface area (Å²) in [5.74, 6) is 0.282. The average Bonchev–Trinajstić information content (AvgIpc) is 2.98. The van der Waals surface area contributed by atoms with Gasteiger partial charge in [-0.05, 0) is 23.8 Å². The molecule has 0 aliphatic rings. The number of furan rings is 1. The second-order valence-electron chi connectivity index (χ2n) is 4.38. The summed E-state index contributed by atoms with van der Waals surface area (Å²) in [6, 6.07) is 10.5. The smallest absolute Gasteiger partial charge is 0.373 e. The fourth-order valence-electron chi connectivity index (χ4n) is 1.71. The van der Waals surface area contributed by atoms with Crippen molar-refractivity contribution >= 4 is 23.4 Å². The van der Waals surface area contributed by atoms with Crippen LogP contribution in [-0.4, -0.2) is 18.9 Å². The molecule has 0 fully saturated rings. The number of hydrogen-bond donors (Lipinski definition) is 1. The minimum absolute atomic E-state index is 0.0558. The maximum Gasteiger partial charge on any atom is 0.373 e. The summed E-state index contributed by atoms with van der Waals surface area (Å²) in [6.07, 6.45) is 0.380. The van der Waals surface area contributed by atoms with Crippen molar-refractivity contribution in [3.63, 3.8) is 0 Å². The van der Waals surface area contributed by atoms with E-state index in [-0.39, 0.29) is 18.2 Å². The van der Waals surface area contributed by atoms with E-state index in [2.05, 4.69) is 9.89 Å². The Balaban J connectivity index is 1.88. The van der Waals surface area contributed by atoms with Gasteiger partial charge in [-0.2, -0.15) is 0 Å². The first-order valence-corrected chi connectivity index (χ1v) is 6.82. The molecule has 1 aromatic carbocycles. The standard InChI is InChI=1S/C15H15ClN2O4/c1-20-15(19)13-7-6-11(22-13)9-21-18-14(17)8-10-4-2-3-5-12(10)16/h2-7H,8-9H2,1H3,(H2,17,18). The molecule has 0 unspecified atom stereocenters. The molecule has 2 aromatic rings. The van der Waals surface area contributed by atoms with Crippen LogP contribution in [0.5, 0.6) is 0 Å². The number of carbonyl (C=O) groups is 1. The summed E-state index contributed by atoms with van der Waals surface area (Å²) in [5, 5.41) is 4.41. The van der Waals surface area contributed by atoms with Gasteiger partial charge >= 0.3 is 5.97 Å². The number of rotatable bonds is 6. The lowest BCUT2D eigenvalue weighted by atomic mass is 10.1. The Morgan fingerprint density at radius 2 is 2.09 bits per heavy atom. The van der Waals surface area contributed by atoms with Crippen molar-refractivity contribution in [1.82, 2.24) is 0 Å². The maximum absolute atomic E-state index is 11.2. The van der Waals surface area contributed by atoms with Crippen molar-refractivity contribution in [3.8, 4) is 0 Å². The number of hydrogen-bond acceptors (Lipinski definition) is 5. The summed E-state index contributed by atoms with van der Waals surface area (Å²) in [7, 11) is 1.28. The molecule has 2 N–H and O–H groups in total. The Hall–Kier alpha value is -2.47. The van der Waals surface area contributed by atoms with E-state index in [1.165, 1.54) is 13.2 Å². The largest absolute Gasteiger partial charge is 0.463 e. The van der Waals surface area contributed by atoms with Gasteiger partial charge in [0.2, 0.25) is 5.76 Å². The lowest BCUT2D eigenvalue weighted by molar-refractivity contribution is 0.0553. The molecule has 0 saturated carbocycles. The van der Waals surface area contributed by atoms with E-state index in [0.717, 1.165) is 5.56 Å². The van der Waals surface area contributed by atoms with Crippen LogP contribution in [0.3, 0.4) is 0 Å². The van der Waals surface area contributed by atoms with Crippen LogP contribution >= 0.6 is 11.6 Å². The topological polar surface area (TPSA) is 87.0 Å². The van der Waals surface area contributed by atoms with E-state index < -0.39 is 5.97 Å². The zero-order valence-electron chi connectivity index (χ0n) is 11.9. The fraction of sp³-hybridized carbons (Fsp3) is 0.200. The van der Waals surface area contributed by atoms with E-state index in [9.17, 15) is 4.79 Å².